The largest absolute Gasteiger partial charge is 0.480 e. The van der Waals surface area contributed by atoms with Gasteiger partial charge in [-0.1, -0.05) is 66.2 Å². The van der Waals surface area contributed by atoms with Crippen LogP contribution in [0.2, 0.25) is 5.02 Å². The van der Waals surface area contributed by atoms with Crippen LogP contribution in [0, 0.1) is 0 Å². The summed E-state index contributed by atoms with van der Waals surface area (Å²) in [4.78, 5) is 11.3. The SMILES string of the molecule is O=C(O)C(Cc1ccccc1)NCC=Cc1ccc(Cl)cc1. The van der Waals surface area contributed by atoms with E-state index in [9.17, 15) is 9.90 Å². The second-order valence-electron chi connectivity index (χ2n) is 4.94. The zero-order chi connectivity index (χ0) is 15.8. The highest BCUT2D eigenvalue weighted by Gasteiger charge is 2.16. The smallest absolute Gasteiger partial charge is 0.321 e. The molecule has 22 heavy (non-hydrogen) atoms. The van der Waals surface area contributed by atoms with E-state index in [1.807, 2.05) is 66.7 Å². The van der Waals surface area contributed by atoms with Crippen LogP contribution < -0.4 is 5.32 Å². The van der Waals surface area contributed by atoms with Crippen molar-refractivity contribution in [3.8, 4) is 0 Å². The number of aliphatic carboxylic acids is 1. The normalized spacial score (nSPS) is 12.4. The fraction of sp³-hybridized carbons (Fsp3) is 0.167. The molecule has 0 heterocycles. The Labute approximate surface area is 135 Å². The quantitative estimate of drug-likeness (QED) is 0.820. The molecule has 3 nitrogen and oxygen atoms in total. The average molecular weight is 316 g/mol. The van der Waals surface area contributed by atoms with Crippen molar-refractivity contribution >= 4 is 23.6 Å². The molecule has 2 aromatic rings. The molecule has 0 amide bonds. The van der Waals surface area contributed by atoms with Crippen LogP contribution >= 0.6 is 11.6 Å². The summed E-state index contributed by atoms with van der Waals surface area (Å²) in [5.74, 6) is -0.844. The fourth-order valence-electron chi connectivity index (χ4n) is 2.08. The fourth-order valence-corrected chi connectivity index (χ4v) is 2.20. The number of hydrogen-bond donors (Lipinski definition) is 2. The lowest BCUT2D eigenvalue weighted by molar-refractivity contribution is -0.139. The van der Waals surface area contributed by atoms with Gasteiger partial charge in [-0.2, -0.15) is 0 Å². The Balaban J connectivity index is 1.86. The van der Waals surface area contributed by atoms with E-state index in [4.69, 9.17) is 11.6 Å². The highest BCUT2D eigenvalue weighted by atomic mass is 35.5. The van der Waals surface area contributed by atoms with Crippen molar-refractivity contribution in [1.29, 1.82) is 0 Å². The molecule has 0 saturated carbocycles. The molecule has 1 unspecified atom stereocenters. The maximum atomic E-state index is 11.3. The van der Waals surface area contributed by atoms with Crippen molar-refractivity contribution in [2.75, 3.05) is 6.54 Å². The van der Waals surface area contributed by atoms with Crippen LogP contribution in [0.5, 0.6) is 0 Å². The molecule has 1 atom stereocenters. The van der Waals surface area contributed by atoms with E-state index in [-0.39, 0.29) is 0 Å². The standard InChI is InChI=1S/C18H18ClNO2/c19-16-10-8-14(9-11-16)7-4-12-20-17(18(21)22)13-15-5-2-1-3-6-15/h1-11,17,20H,12-13H2,(H,21,22). The Bertz CT molecular complexity index is 623. The number of nitrogens with one attached hydrogen (secondary N) is 1. The first-order valence-electron chi connectivity index (χ1n) is 7.07. The highest BCUT2D eigenvalue weighted by Crippen LogP contribution is 2.10. The Kier molecular flexibility index (Phi) is 6.19. The number of carboxylic acids is 1. The molecule has 0 aliphatic carbocycles. The summed E-state index contributed by atoms with van der Waals surface area (Å²) in [6, 6.07) is 16.5. The molecule has 4 heteroatoms. The second-order valence-corrected chi connectivity index (χ2v) is 5.38. The summed E-state index contributed by atoms with van der Waals surface area (Å²) in [7, 11) is 0. The third kappa shape index (κ3) is 5.35. The Morgan fingerprint density at radius 1 is 1.14 bits per heavy atom. The molecule has 2 aromatic carbocycles. The second kappa shape index (κ2) is 8.37. The van der Waals surface area contributed by atoms with Crippen molar-refractivity contribution in [2.45, 2.75) is 12.5 Å². The minimum atomic E-state index is -0.844. The molecule has 114 valence electrons. The van der Waals surface area contributed by atoms with Gasteiger partial charge in [0.2, 0.25) is 0 Å². The van der Waals surface area contributed by atoms with Gasteiger partial charge in [0.1, 0.15) is 6.04 Å². The molecule has 2 N–H and O–H groups in total. The van der Waals surface area contributed by atoms with E-state index in [1.165, 1.54) is 0 Å². The number of hydrogen-bond acceptors (Lipinski definition) is 2. The summed E-state index contributed by atoms with van der Waals surface area (Å²) >= 11 is 5.82. The molecule has 0 spiro atoms. The van der Waals surface area contributed by atoms with Crippen LogP contribution in [0.25, 0.3) is 6.08 Å². The third-order valence-corrected chi connectivity index (χ3v) is 3.50. The summed E-state index contributed by atoms with van der Waals surface area (Å²) in [5.41, 5.74) is 2.03. The van der Waals surface area contributed by atoms with E-state index in [2.05, 4.69) is 5.32 Å². The van der Waals surface area contributed by atoms with Gasteiger partial charge in [-0.05, 0) is 29.7 Å². The van der Waals surface area contributed by atoms with Crippen molar-refractivity contribution in [3.63, 3.8) is 0 Å². The summed E-state index contributed by atoms with van der Waals surface area (Å²) in [5, 5.41) is 13.0. The monoisotopic (exact) mass is 315 g/mol. The predicted octanol–water partition coefficient (Wildman–Crippen LogP) is 3.64. The highest BCUT2D eigenvalue weighted by molar-refractivity contribution is 6.30. The number of carboxylic acid groups (broad SMARTS) is 1. The van der Waals surface area contributed by atoms with E-state index in [0.717, 1.165) is 11.1 Å². The van der Waals surface area contributed by atoms with Crippen LogP contribution in [0.15, 0.2) is 60.7 Å². The van der Waals surface area contributed by atoms with Crippen LogP contribution in [-0.2, 0) is 11.2 Å². The van der Waals surface area contributed by atoms with Crippen LogP contribution in [0.1, 0.15) is 11.1 Å². The van der Waals surface area contributed by atoms with E-state index < -0.39 is 12.0 Å². The predicted molar refractivity (Wildman–Crippen MR) is 90.1 cm³/mol. The lowest BCUT2D eigenvalue weighted by Crippen LogP contribution is -2.38. The lowest BCUT2D eigenvalue weighted by Gasteiger charge is -2.13. The molecule has 0 aliphatic rings. The molecule has 2 rings (SSSR count). The molecule has 0 radical (unpaired) electrons. The molecule has 0 bridgehead atoms. The molecule has 0 aliphatic heterocycles. The zero-order valence-electron chi connectivity index (χ0n) is 12.1. The molecular formula is C18H18ClNO2. The first kappa shape index (κ1) is 16.3. The van der Waals surface area contributed by atoms with Gasteiger partial charge in [0, 0.05) is 11.6 Å². The minimum absolute atomic E-state index is 0.463. The summed E-state index contributed by atoms with van der Waals surface area (Å²) in [6.07, 6.45) is 4.31. The maximum absolute atomic E-state index is 11.3. The Morgan fingerprint density at radius 3 is 2.45 bits per heavy atom. The van der Waals surface area contributed by atoms with Crippen molar-refractivity contribution in [2.24, 2.45) is 0 Å². The molecular weight excluding hydrogens is 298 g/mol. The van der Waals surface area contributed by atoms with E-state index in [1.54, 1.807) is 0 Å². The maximum Gasteiger partial charge on any atom is 0.321 e. The van der Waals surface area contributed by atoms with Crippen LogP contribution in [0.4, 0.5) is 0 Å². The van der Waals surface area contributed by atoms with Crippen molar-refractivity contribution in [3.05, 3.63) is 76.8 Å². The number of benzene rings is 2. The van der Waals surface area contributed by atoms with Gasteiger partial charge in [-0.3, -0.25) is 4.79 Å². The number of halogens is 1. The van der Waals surface area contributed by atoms with Crippen molar-refractivity contribution in [1.82, 2.24) is 5.32 Å². The van der Waals surface area contributed by atoms with Gasteiger partial charge in [0.25, 0.3) is 0 Å². The van der Waals surface area contributed by atoms with Crippen LogP contribution in [0.3, 0.4) is 0 Å². The first-order valence-corrected chi connectivity index (χ1v) is 7.45. The lowest BCUT2D eigenvalue weighted by atomic mass is 10.1. The number of carbonyl (C=O) groups is 1. The van der Waals surface area contributed by atoms with E-state index >= 15 is 0 Å². The number of rotatable bonds is 7. The van der Waals surface area contributed by atoms with E-state index in [0.29, 0.717) is 18.0 Å². The van der Waals surface area contributed by atoms with Gasteiger partial charge < -0.3 is 10.4 Å². The molecule has 0 aromatic heterocycles. The van der Waals surface area contributed by atoms with Crippen molar-refractivity contribution < 1.29 is 9.90 Å². The zero-order valence-corrected chi connectivity index (χ0v) is 12.8. The Hall–Kier alpha value is -2.10. The van der Waals surface area contributed by atoms with Gasteiger partial charge in [0.15, 0.2) is 0 Å². The Morgan fingerprint density at radius 2 is 1.82 bits per heavy atom. The summed E-state index contributed by atoms with van der Waals surface area (Å²) < 4.78 is 0. The van der Waals surface area contributed by atoms with Gasteiger partial charge in [-0.15, -0.1) is 0 Å². The summed E-state index contributed by atoms with van der Waals surface area (Å²) in [6.45, 7) is 0.492. The molecule has 0 fully saturated rings. The van der Waals surface area contributed by atoms with Crippen LogP contribution in [-0.4, -0.2) is 23.7 Å². The van der Waals surface area contributed by atoms with Gasteiger partial charge >= 0.3 is 5.97 Å². The topological polar surface area (TPSA) is 49.3 Å². The first-order chi connectivity index (χ1) is 10.6. The van der Waals surface area contributed by atoms with Gasteiger partial charge in [-0.25, -0.2) is 0 Å². The third-order valence-electron chi connectivity index (χ3n) is 3.24. The average Bonchev–Trinajstić information content (AvgIpc) is 2.53. The van der Waals surface area contributed by atoms with Gasteiger partial charge in [0.05, 0.1) is 0 Å². The minimum Gasteiger partial charge on any atom is -0.480 e. The molecule has 0 saturated heterocycles.